The molecule has 2 heterocycles. The van der Waals surface area contributed by atoms with E-state index in [-0.39, 0.29) is 5.56 Å². The maximum Gasteiger partial charge on any atom is 0.335 e. The Morgan fingerprint density at radius 3 is 2.38 bits per heavy atom. The van der Waals surface area contributed by atoms with Crippen molar-refractivity contribution < 1.29 is 9.84 Å². The van der Waals surface area contributed by atoms with E-state index in [0.29, 0.717) is 32.0 Å². The molecule has 2 N–H and O–H groups in total. The second-order valence-electron chi connectivity index (χ2n) is 6.39. The minimum atomic E-state index is -0.689. The van der Waals surface area contributed by atoms with Gasteiger partial charge in [0.1, 0.15) is 5.56 Å². The van der Waals surface area contributed by atoms with Crippen LogP contribution >= 0.6 is 0 Å². The van der Waals surface area contributed by atoms with E-state index in [4.69, 9.17) is 4.74 Å². The number of aromatic amines is 1. The second-order valence-corrected chi connectivity index (χ2v) is 6.39. The highest BCUT2D eigenvalue weighted by molar-refractivity contribution is 5.82. The minimum absolute atomic E-state index is 0.0598. The normalized spacial score (nSPS) is 15.0. The third kappa shape index (κ3) is 3.41. The van der Waals surface area contributed by atoms with Crippen LogP contribution in [0.2, 0.25) is 0 Å². The molecule has 1 fully saturated rings. The quantitative estimate of drug-likeness (QED) is 0.792. The Hall–Kier alpha value is -2.87. The van der Waals surface area contributed by atoms with Gasteiger partial charge in [0.2, 0.25) is 5.88 Å². The van der Waals surface area contributed by atoms with Gasteiger partial charge in [0.25, 0.3) is 5.56 Å². The standard InChI is InChI=1S/C18H22N4O4/c1-11-8-12(2)15(13(3)9-11)22-17(24)14(16(23)20-18(22)25)10-19-21-4-6-26-7-5-21/h8-10,24H,4-7H2,1-3H3,(H,20,23,25)/b19-10+. The van der Waals surface area contributed by atoms with Crippen molar-refractivity contribution in [3.05, 3.63) is 55.2 Å². The number of aryl methyl sites for hydroxylation is 3. The van der Waals surface area contributed by atoms with Crippen LogP contribution in [0.1, 0.15) is 22.3 Å². The molecule has 3 rings (SSSR count). The molecule has 0 radical (unpaired) electrons. The van der Waals surface area contributed by atoms with E-state index in [0.717, 1.165) is 21.3 Å². The van der Waals surface area contributed by atoms with Crippen molar-refractivity contribution in [3.8, 4) is 11.6 Å². The molecule has 0 aliphatic carbocycles. The summed E-state index contributed by atoms with van der Waals surface area (Å²) in [5.74, 6) is -0.425. The number of nitrogens with zero attached hydrogens (tertiary/aromatic N) is 3. The highest BCUT2D eigenvalue weighted by Crippen LogP contribution is 2.23. The lowest BCUT2D eigenvalue weighted by Gasteiger charge is -2.23. The number of nitrogens with one attached hydrogen (secondary N) is 1. The van der Waals surface area contributed by atoms with E-state index >= 15 is 0 Å². The average molecular weight is 358 g/mol. The van der Waals surface area contributed by atoms with Gasteiger partial charge >= 0.3 is 5.69 Å². The maximum atomic E-state index is 12.4. The minimum Gasteiger partial charge on any atom is -0.493 e. The number of morpholine rings is 1. The molecule has 1 aromatic heterocycles. The third-order valence-electron chi connectivity index (χ3n) is 4.32. The third-order valence-corrected chi connectivity index (χ3v) is 4.32. The SMILES string of the molecule is Cc1cc(C)c(-n2c(O)c(/C=N/N3CCOCC3)c(=O)[nH]c2=O)c(C)c1. The van der Waals surface area contributed by atoms with Gasteiger partial charge in [-0.05, 0) is 31.9 Å². The van der Waals surface area contributed by atoms with Crippen molar-refractivity contribution in [2.75, 3.05) is 26.3 Å². The van der Waals surface area contributed by atoms with Crippen LogP contribution in [0.5, 0.6) is 5.88 Å². The number of ether oxygens (including phenoxy) is 1. The van der Waals surface area contributed by atoms with Crippen LogP contribution in [0.15, 0.2) is 26.8 Å². The number of rotatable bonds is 3. The number of H-pyrrole nitrogens is 1. The summed E-state index contributed by atoms with van der Waals surface area (Å²) in [6.45, 7) is 7.99. The largest absolute Gasteiger partial charge is 0.493 e. The molecule has 0 unspecified atom stereocenters. The summed E-state index contributed by atoms with van der Waals surface area (Å²) in [6.07, 6.45) is 1.29. The van der Waals surface area contributed by atoms with E-state index in [1.54, 1.807) is 5.01 Å². The van der Waals surface area contributed by atoms with Crippen molar-refractivity contribution in [1.82, 2.24) is 14.6 Å². The topological polar surface area (TPSA) is 99.9 Å². The summed E-state index contributed by atoms with van der Waals surface area (Å²) in [5, 5.41) is 16.6. The van der Waals surface area contributed by atoms with Crippen LogP contribution in [0, 0.1) is 20.8 Å². The van der Waals surface area contributed by atoms with Crippen molar-refractivity contribution in [3.63, 3.8) is 0 Å². The molecule has 1 saturated heterocycles. The van der Waals surface area contributed by atoms with E-state index in [1.165, 1.54) is 6.21 Å². The molecule has 1 aliphatic heterocycles. The van der Waals surface area contributed by atoms with E-state index in [1.807, 2.05) is 32.9 Å². The molecule has 8 heteroatoms. The summed E-state index contributed by atoms with van der Waals surface area (Å²) >= 11 is 0. The van der Waals surface area contributed by atoms with Crippen LogP contribution in [-0.4, -0.2) is 52.2 Å². The Bertz CT molecular complexity index is 945. The molecule has 1 aromatic carbocycles. The Labute approximate surface area is 150 Å². The van der Waals surface area contributed by atoms with Crippen LogP contribution < -0.4 is 11.2 Å². The molecule has 0 saturated carbocycles. The lowest BCUT2D eigenvalue weighted by atomic mass is 10.0. The first-order chi connectivity index (χ1) is 12.4. The van der Waals surface area contributed by atoms with Crippen molar-refractivity contribution >= 4 is 6.21 Å². The second kappa shape index (κ2) is 7.17. The Kier molecular flexibility index (Phi) is 4.94. The lowest BCUT2D eigenvalue weighted by molar-refractivity contribution is 0.0396. The zero-order valence-electron chi connectivity index (χ0n) is 15.1. The Morgan fingerprint density at radius 2 is 1.77 bits per heavy atom. The molecule has 0 atom stereocenters. The first-order valence-electron chi connectivity index (χ1n) is 8.41. The van der Waals surface area contributed by atoms with Crippen molar-refractivity contribution in [1.29, 1.82) is 0 Å². The molecule has 2 aromatic rings. The summed E-state index contributed by atoms with van der Waals surface area (Å²) in [5.41, 5.74) is 1.82. The fraction of sp³-hybridized carbons (Fsp3) is 0.389. The summed E-state index contributed by atoms with van der Waals surface area (Å²) in [6, 6.07) is 3.83. The van der Waals surface area contributed by atoms with Gasteiger partial charge in [-0.3, -0.25) is 14.8 Å². The van der Waals surface area contributed by atoms with Gasteiger partial charge in [0.15, 0.2) is 0 Å². The van der Waals surface area contributed by atoms with Crippen LogP contribution in [-0.2, 0) is 4.74 Å². The van der Waals surface area contributed by atoms with E-state index < -0.39 is 17.1 Å². The summed E-state index contributed by atoms with van der Waals surface area (Å²) < 4.78 is 6.37. The number of benzene rings is 1. The van der Waals surface area contributed by atoms with Gasteiger partial charge in [-0.15, -0.1) is 0 Å². The maximum absolute atomic E-state index is 12.4. The fourth-order valence-corrected chi connectivity index (χ4v) is 3.20. The monoisotopic (exact) mass is 358 g/mol. The number of hydrazone groups is 1. The number of hydrogen-bond donors (Lipinski definition) is 2. The Balaban J connectivity index is 2.12. The smallest absolute Gasteiger partial charge is 0.335 e. The molecular formula is C18H22N4O4. The van der Waals surface area contributed by atoms with Crippen LogP contribution in [0.3, 0.4) is 0 Å². The Morgan fingerprint density at radius 1 is 1.15 bits per heavy atom. The molecule has 26 heavy (non-hydrogen) atoms. The average Bonchev–Trinajstić information content (AvgIpc) is 2.57. The number of aromatic nitrogens is 2. The highest BCUT2D eigenvalue weighted by Gasteiger charge is 2.18. The van der Waals surface area contributed by atoms with E-state index in [9.17, 15) is 14.7 Å². The van der Waals surface area contributed by atoms with Crippen molar-refractivity contribution in [2.45, 2.75) is 20.8 Å². The van der Waals surface area contributed by atoms with Gasteiger partial charge in [-0.25, -0.2) is 9.36 Å². The van der Waals surface area contributed by atoms with Gasteiger partial charge in [-0.2, -0.15) is 5.10 Å². The van der Waals surface area contributed by atoms with Gasteiger partial charge in [-0.1, -0.05) is 17.7 Å². The first kappa shape index (κ1) is 17.9. The predicted molar refractivity (Wildman–Crippen MR) is 98.5 cm³/mol. The molecule has 138 valence electrons. The van der Waals surface area contributed by atoms with Gasteiger partial charge in [0.05, 0.1) is 38.2 Å². The van der Waals surface area contributed by atoms with Crippen molar-refractivity contribution in [2.24, 2.45) is 5.10 Å². The lowest BCUT2D eigenvalue weighted by Crippen LogP contribution is -2.34. The zero-order chi connectivity index (χ0) is 18.8. The zero-order valence-corrected chi connectivity index (χ0v) is 15.1. The molecule has 1 aliphatic rings. The molecule has 8 nitrogen and oxygen atoms in total. The fourth-order valence-electron chi connectivity index (χ4n) is 3.20. The number of aromatic hydroxyl groups is 1. The first-order valence-corrected chi connectivity index (χ1v) is 8.41. The van der Waals surface area contributed by atoms with E-state index in [2.05, 4.69) is 10.1 Å². The van der Waals surface area contributed by atoms with Crippen LogP contribution in [0.4, 0.5) is 0 Å². The van der Waals surface area contributed by atoms with Gasteiger partial charge in [0, 0.05) is 0 Å². The van der Waals surface area contributed by atoms with Gasteiger partial charge < -0.3 is 9.84 Å². The number of hydrogen-bond acceptors (Lipinski definition) is 6. The molecular weight excluding hydrogens is 336 g/mol. The molecule has 0 spiro atoms. The molecule has 0 amide bonds. The summed E-state index contributed by atoms with van der Waals surface area (Å²) in [4.78, 5) is 26.8. The van der Waals surface area contributed by atoms with Crippen LogP contribution in [0.25, 0.3) is 5.69 Å². The predicted octanol–water partition coefficient (Wildman–Crippen LogP) is 0.823. The summed E-state index contributed by atoms with van der Waals surface area (Å²) in [7, 11) is 0. The highest BCUT2D eigenvalue weighted by atomic mass is 16.5. The molecule has 0 bridgehead atoms.